The fourth-order valence-corrected chi connectivity index (χ4v) is 1.30. The largest absolute Gasteiger partial charge is 0.382 e. The first-order valence-electron chi connectivity index (χ1n) is 5.40. The number of nitro benzene ring substituents is 1. The molecule has 0 heterocycles. The Labute approximate surface area is 104 Å². The number of anilines is 1. The lowest BCUT2D eigenvalue weighted by molar-refractivity contribution is -0.385. The van der Waals surface area contributed by atoms with E-state index < -0.39 is 10.7 Å². The summed E-state index contributed by atoms with van der Waals surface area (Å²) in [5, 5.41) is 13.4. The highest BCUT2D eigenvalue weighted by molar-refractivity contribution is 5.51. The number of ether oxygens (including phenoxy) is 1. The first-order chi connectivity index (χ1) is 8.49. The lowest BCUT2D eigenvalue weighted by Crippen LogP contribution is -2.10. The molecule has 1 rings (SSSR count). The number of benzene rings is 1. The molecule has 98 valence electrons. The van der Waals surface area contributed by atoms with Gasteiger partial charge in [-0.2, -0.15) is 0 Å². The van der Waals surface area contributed by atoms with E-state index >= 15 is 0 Å². The van der Waals surface area contributed by atoms with E-state index in [2.05, 4.69) is 11.9 Å². The Balaban J connectivity index is 2.47. The van der Waals surface area contributed by atoms with E-state index in [1.807, 2.05) is 6.92 Å². The summed E-state index contributed by atoms with van der Waals surface area (Å²) < 4.78 is 18.3. The summed E-state index contributed by atoms with van der Waals surface area (Å²) in [6.07, 6.45) is 0. The van der Waals surface area contributed by atoms with Crippen LogP contribution in [0.25, 0.3) is 0 Å². The van der Waals surface area contributed by atoms with Gasteiger partial charge >= 0.3 is 0 Å². The van der Waals surface area contributed by atoms with Crippen molar-refractivity contribution in [3.63, 3.8) is 0 Å². The van der Waals surface area contributed by atoms with E-state index in [0.29, 0.717) is 25.4 Å². The Kier molecular flexibility index (Phi) is 5.26. The average Bonchev–Trinajstić information content (AvgIpc) is 2.27. The van der Waals surface area contributed by atoms with E-state index in [4.69, 9.17) is 4.74 Å². The van der Waals surface area contributed by atoms with Gasteiger partial charge in [0.05, 0.1) is 24.2 Å². The minimum atomic E-state index is -0.644. The van der Waals surface area contributed by atoms with Crippen LogP contribution in [0.2, 0.25) is 0 Å². The number of nitro groups is 1. The quantitative estimate of drug-likeness (QED) is 0.351. The zero-order valence-electron chi connectivity index (χ0n) is 10.1. The Bertz CT molecular complexity index is 449. The van der Waals surface area contributed by atoms with Crippen molar-refractivity contribution >= 4 is 11.4 Å². The topological polar surface area (TPSA) is 64.4 Å². The van der Waals surface area contributed by atoms with Crippen molar-refractivity contribution in [2.45, 2.75) is 6.92 Å². The van der Waals surface area contributed by atoms with Crippen LogP contribution in [0, 0.1) is 15.9 Å². The Morgan fingerprint density at radius 3 is 2.89 bits per heavy atom. The molecule has 0 saturated heterocycles. The lowest BCUT2D eigenvalue weighted by Gasteiger charge is -2.07. The molecule has 1 aromatic rings. The van der Waals surface area contributed by atoms with Crippen molar-refractivity contribution in [3.8, 4) is 0 Å². The van der Waals surface area contributed by atoms with Crippen molar-refractivity contribution in [1.29, 1.82) is 0 Å². The predicted molar refractivity (Wildman–Crippen MR) is 67.2 cm³/mol. The summed E-state index contributed by atoms with van der Waals surface area (Å²) in [4.78, 5) is 9.90. The molecule has 0 bridgehead atoms. The molecular formula is C12H15FN2O3. The van der Waals surface area contributed by atoms with Gasteiger partial charge in [-0.3, -0.25) is 10.1 Å². The fraction of sp³-hybridized carbons (Fsp3) is 0.333. The van der Waals surface area contributed by atoms with Crippen LogP contribution in [-0.4, -0.2) is 24.7 Å². The minimum Gasteiger partial charge on any atom is -0.382 e. The van der Waals surface area contributed by atoms with E-state index in [1.54, 1.807) is 0 Å². The molecule has 0 aliphatic carbocycles. The third kappa shape index (κ3) is 4.92. The van der Waals surface area contributed by atoms with Gasteiger partial charge < -0.3 is 10.1 Å². The number of hydrogen-bond acceptors (Lipinski definition) is 4. The molecule has 18 heavy (non-hydrogen) atoms. The van der Waals surface area contributed by atoms with Crippen LogP contribution in [0.4, 0.5) is 15.8 Å². The molecule has 0 aliphatic rings. The zero-order valence-corrected chi connectivity index (χ0v) is 10.1. The summed E-state index contributed by atoms with van der Waals surface area (Å²) in [7, 11) is 0. The lowest BCUT2D eigenvalue weighted by atomic mass is 10.2. The second-order valence-corrected chi connectivity index (χ2v) is 3.89. The standard InChI is InChI=1S/C12H15FN2O3/c1-9(2)8-18-4-3-14-11-5-10(13)6-12(7-11)15(16)17/h5-7,14H,1,3-4,8H2,2H3. The number of non-ortho nitro benzene ring substituents is 1. The summed E-state index contributed by atoms with van der Waals surface area (Å²) in [6.45, 7) is 6.85. The Morgan fingerprint density at radius 1 is 1.56 bits per heavy atom. The molecule has 6 heteroatoms. The molecule has 1 N–H and O–H groups in total. The Morgan fingerprint density at radius 2 is 2.28 bits per heavy atom. The van der Waals surface area contributed by atoms with Crippen LogP contribution in [0.3, 0.4) is 0 Å². The van der Waals surface area contributed by atoms with Gasteiger partial charge in [0, 0.05) is 18.3 Å². The number of nitrogens with zero attached hydrogens (tertiary/aromatic N) is 1. The van der Waals surface area contributed by atoms with Crippen molar-refractivity contribution in [3.05, 3.63) is 46.3 Å². The average molecular weight is 254 g/mol. The third-order valence-electron chi connectivity index (χ3n) is 2.02. The molecular weight excluding hydrogens is 239 g/mol. The molecule has 0 atom stereocenters. The maximum absolute atomic E-state index is 13.1. The van der Waals surface area contributed by atoms with Gasteiger partial charge in [0.2, 0.25) is 0 Å². The molecule has 0 spiro atoms. The van der Waals surface area contributed by atoms with Crippen molar-refractivity contribution in [2.75, 3.05) is 25.1 Å². The highest BCUT2D eigenvalue weighted by Gasteiger charge is 2.09. The van der Waals surface area contributed by atoms with E-state index in [9.17, 15) is 14.5 Å². The van der Waals surface area contributed by atoms with Gasteiger partial charge in [0.1, 0.15) is 5.82 Å². The van der Waals surface area contributed by atoms with Gasteiger partial charge in [-0.1, -0.05) is 12.2 Å². The zero-order chi connectivity index (χ0) is 13.5. The number of nitrogens with one attached hydrogen (secondary N) is 1. The molecule has 0 aromatic heterocycles. The SMILES string of the molecule is C=C(C)COCCNc1cc(F)cc([N+](=O)[O-])c1. The van der Waals surface area contributed by atoms with Crippen LogP contribution >= 0.6 is 0 Å². The minimum absolute atomic E-state index is 0.277. The molecule has 1 aromatic carbocycles. The fourth-order valence-electron chi connectivity index (χ4n) is 1.30. The highest BCUT2D eigenvalue weighted by atomic mass is 19.1. The van der Waals surface area contributed by atoms with Gasteiger partial charge in [-0.05, 0) is 13.0 Å². The Hall–Kier alpha value is -1.95. The molecule has 0 unspecified atom stereocenters. The second-order valence-electron chi connectivity index (χ2n) is 3.89. The first-order valence-corrected chi connectivity index (χ1v) is 5.40. The summed E-state index contributed by atoms with van der Waals surface area (Å²) in [5.74, 6) is -0.644. The van der Waals surface area contributed by atoms with Gasteiger partial charge in [-0.15, -0.1) is 0 Å². The highest BCUT2D eigenvalue weighted by Crippen LogP contribution is 2.19. The van der Waals surface area contributed by atoms with Crippen LogP contribution < -0.4 is 5.32 Å². The monoisotopic (exact) mass is 254 g/mol. The molecule has 0 fully saturated rings. The molecule has 0 radical (unpaired) electrons. The molecule has 0 saturated carbocycles. The van der Waals surface area contributed by atoms with E-state index in [0.717, 1.165) is 11.6 Å². The van der Waals surface area contributed by atoms with Crippen LogP contribution in [-0.2, 0) is 4.74 Å². The first kappa shape index (κ1) is 14.1. The number of halogens is 1. The van der Waals surface area contributed by atoms with Crippen molar-refractivity contribution in [1.82, 2.24) is 0 Å². The van der Waals surface area contributed by atoms with Crippen molar-refractivity contribution in [2.24, 2.45) is 0 Å². The maximum Gasteiger partial charge on any atom is 0.274 e. The predicted octanol–water partition coefficient (Wildman–Crippen LogP) is 2.74. The summed E-state index contributed by atoms with van der Waals surface area (Å²) in [5.41, 5.74) is 0.998. The van der Waals surface area contributed by atoms with Crippen LogP contribution in [0.5, 0.6) is 0 Å². The smallest absolute Gasteiger partial charge is 0.274 e. The second kappa shape index (κ2) is 6.70. The van der Waals surface area contributed by atoms with Crippen LogP contribution in [0.15, 0.2) is 30.4 Å². The van der Waals surface area contributed by atoms with E-state index in [-0.39, 0.29) is 5.69 Å². The summed E-state index contributed by atoms with van der Waals surface area (Å²) >= 11 is 0. The van der Waals surface area contributed by atoms with Gasteiger partial charge in [-0.25, -0.2) is 4.39 Å². The maximum atomic E-state index is 13.1. The molecule has 5 nitrogen and oxygen atoms in total. The molecule has 0 aliphatic heterocycles. The van der Waals surface area contributed by atoms with Gasteiger partial charge in [0.15, 0.2) is 0 Å². The normalized spacial score (nSPS) is 10.1. The summed E-state index contributed by atoms with van der Waals surface area (Å²) in [6, 6.07) is 3.36. The van der Waals surface area contributed by atoms with E-state index in [1.165, 1.54) is 12.1 Å². The number of rotatable bonds is 7. The van der Waals surface area contributed by atoms with Crippen LogP contribution in [0.1, 0.15) is 6.92 Å². The third-order valence-corrected chi connectivity index (χ3v) is 2.02. The van der Waals surface area contributed by atoms with Gasteiger partial charge in [0.25, 0.3) is 5.69 Å². The van der Waals surface area contributed by atoms with Crippen molar-refractivity contribution < 1.29 is 14.1 Å². The number of hydrogen-bond donors (Lipinski definition) is 1. The molecule has 0 amide bonds.